The summed E-state index contributed by atoms with van der Waals surface area (Å²) in [6.45, 7) is 4.05. The van der Waals surface area contributed by atoms with Crippen LogP contribution in [0.25, 0.3) is 0 Å². The number of nitrogens with two attached hydrogens (primary N) is 1. The highest BCUT2D eigenvalue weighted by Crippen LogP contribution is 2.23. The third-order valence-electron chi connectivity index (χ3n) is 1.82. The summed E-state index contributed by atoms with van der Waals surface area (Å²) in [5, 5.41) is 11.6. The zero-order valence-corrected chi connectivity index (χ0v) is 9.14. The molecule has 3 N–H and O–H groups in total. The smallest absolute Gasteiger partial charge is 0.171 e. The maximum atomic E-state index is 8.63. The van der Waals surface area contributed by atoms with Crippen molar-refractivity contribution in [3.63, 3.8) is 0 Å². The van der Waals surface area contributed by atoms with Gasteiger partial charge in [-0.2, -0.15) is 0 Å². The Morgan fingerprint density at radius 1 is 1.57 bits per heavy atom. The van der Waals surface area contributed by atoms with Crippen molar-refractivity contribution in [3.8, 4) is 0 Å². The summed E-state index contributed by atoms with van der Waals surface area (Å²) < 4.78 is 0. The number of thioether (sulfide) groups is 1. The van der Waals surface area contributed by atoms with E-state index >= 15 is 0 Å². The van der Waals surface area contributed by atoms with Crippen LogP contribution in [0.15, 0.2) is 28.3 Å². The van der Waals surface area contributed by atoms with Gasteiger partial charge in [0.1, 0.15) is 0 Å². The lowest BCUT2D eigenvalue weighted by Crippen LogP contribution is -2.14. The van der Waals surface area contributed by atoms with Crippen molar-refractivity contribution in [1.82, 2.24) is 0 Å². The minimum atomic E-state index is 0.171. The van der Waals surface area contributed by atoms with E-state index in [0.29, 0.717) is 0 Å². The van der Waals surface area contributed by atoms with E-state index in [1.54, 1.807) is 11.8 Å². The Kier molecular flexibility index (Phi) is 3.83. The molecule has 0 aliphatic rings. The predicted molar refractivity (Wildman–Crippen MR) is 60.1 cm³/mol. The van der Waals surface area contributed by atoms with Gasteiger partial charge < -0.3 is 10.9 Å². The molecule has 76 valence electrons. The molecule has 4 heteroatoms. The minimum absolute atomic E-state index is 0.171. The highest BCUT2D eigenvalue weighted by molar-refractivity contribution is 7.99. The zero-order chi connectivity index (χ0) is 10.6. The molecule has 3 nitrogen and oxygen atoms in total. The first-order chi connectivity index (χ1) is 6.69. The van der Waals surface area contributed by atoms with Crippen LogP contribution in [-0.4, -0.2) is 16.8 Å². The molecule has 0 radical (unpaired) electrons. The summed E-state index contributed by atoms with van der Waals surface area (Å²) in [6, 6.07) is 5.94. The van der Waals surface area contributed by atoms with E-state index in [1.807, 2.05) is 25.1 Å². The molecule has 1 aromatic rings. The van der Waals surface area contributed by atoms with E-state index in [4.69, 9.17) is 10.9 Å². The molecule has 0 aliphatic heterocycles. The number of hydrogen-bond donors (Lipinski definition) is 2. The molecule has 0 unspecified atom stereocenters. The number of aryl methyl sites for hydroxylation is 1. The van der Waals surface area contributed by atoms with Crippen LogP contribution in [0.4, 0.5) is 0 Å². The van der Waals surface area contributed by atoms with Crippen LogP contribution < -0.4 is 5.73 Å². The Labute approximate surface area is 88.0 Å². The van der Waals surface area contributed by atoms with E-state index in [9.17, 15) is 0 Å². The molecule has 0 bridgehead atoms. The second-order valence-electron chi connectivity index (χ2n) is 2.92. The number of rotatable bonds is 3. The van der Waals surface area contributed by atoms with Crippen molar-refractivity contribution >= 4 is 17.6 Å². The maximum Gasteiger partial charge on any atom is 0.171 e. The molecule has 0 saturated carbocycles. The van der Waals surface area contributed by atoms with Gasteiger partial charge in [-0.15, -0.1) is 11.8 Å². The van der Waals surface area contributed by atoms with Crippen LogP contribution in [0.3, 0.4) is 0 Å². The van der Waals surface area contributed by atoms with Gasteiger partial charge in [-0.3, -0.25) is 0 Å². The Morgan fingerprint density at radius 3 is 2.86 bits per heavy atom. The fourth-order valence-corrected chi connectivity index (χ4v) is 1.97. The van der Waals surface area contributed by atoms with Gasteiger partial charge in [-0.05, 0) is 24.8 Å². The lowest BCUT2D eigenvalue weighted by molar-refractivity contribution is 0.318. The average molecular weight is 210 g/mol. The van der Waals surface area contributed by atoms with Crippen molar-refractivity contribution in [1.29, 1.82) is 0 Å². The molecule has 0 saturated heterocycles. The molecule has 1 aromatic carbocycles. The van der Waals surface area contributed by atoms with Gasteiger partial charge in [0.25, 0.3) is 0 Å². The molecule has 0 atom stereocenters. The summed E-state index contributed by atoms with van der Waals surface area (Å²) in [4.78, 5) is 1.05. The van der Waals surface area contributed by atoms with Gasteiger partial charge in [0.15, 0.2) is 5.84 Å². The Bertz CT molecular complexity index is 350. The molecule has 0 fully saturated rings. The average Bonchev–Trinajstić information content (AvgIpc) is 2.20. The highest BCUT2D eigenvalue weighted by Gasteiger charge is 2.06. The quantitative estimate of drug-likeness (QED) is 0.264. The standard InChI is InChI=1S/C10H14N2OS/c1-3-14-9-5-4-7(2)6-8(9)10(11)12-13/h4-6,13H,3H2,1-2H3,(H2,11,12). The third-order valence-corrected chi connectivity index (χ3v) is 2.77. The molecule has 0 spiro atoms. The topological polar surface area (TPSA) is 58.6 Å². The summed E-state index contributed by atoms with van der Waals surface area (Å²) >= 11 is 1.68. The summed E-state index contributed by atoms with van der Waals surface area (Å²) in [7, 11) is 0. The first kappa shape index (κ1) is 10.9. The Balaban J connectivity index is 3.15. The van der Waals surface area contributed by atoms with E-state index in [-0.39, 0.29) is 5.84 Å². The second kappa shape index (κ2) is 4.91. The number of hydrogen-bond acceptors (Lipinski definition) is 3. The van der Waals surface area contributed by atoms with E-state index in [1.165, 1.54) is 0 Å². The number of nitrogens with zero attached hydrogens (tertiary/aromatic N) is 1. The summed E-state index contributed by atoms with van der Waals surface area (Å²) in [6.07, 6.45) is 0. The molecule has 0 heterocycles. The van der Waals surface area contributed by atoms with Crippen molar-refractivity contribution in [2.45, 2.75) is 18.7 Å². The van der Waals surface area contributed by atoms with Crippen molar-refractivity contribution in [2.75, 3.05) is 5.75 Å². The van der Waals surface area contributed by atoms with Crippen molar-refractivity contribution in [3.05, 3.63) is 29.3 Å². The summed E-state index contributed by atoms with van der Waals surface area (Å²) in [5.74, 6) is 1.14. The van der Waals surface area contributed by atoms with Crippen LogP contribution in [0.2, 0.25) is 0 Å². The SMILES string of the molecule is CCSc1ccc(C)cc1/C(N)=N/O. The van der Waals surface area contributed by atoms with Gasteiger partial charge in [-0.1, -0.05) is 23.7 Å². The molecular weight excluding hydrogens is 196 g/mol. The normalized spacial score (nSPS) is 11.7. The second-order valence-corrected chi connectivity index (χ2v) is 4.22. The third kappa shape index (κ3) is 2.42. The van der Waals surface area contributed by atoms with Crippen molar-refractivity contribution < 1.29 is 5.21 Å². The number of benzene rings is 1. The first-order valence-electron chi connectivity index (χ1n) is 4.40. The molecule has 14 heavy (non-hydrogen) atoms. The summed E-state index contributed by atoms with van der Waals surface area (Å²) in [5.41, 5.74) is 7.49. The number of amidine groups is 1. The van der Waals surface area contributed by atoms with E-state index in [2.05, 4.69) is 12.1 Å². The van der Waals surface area contributed by atoms with Crippen LogP contribution in [0.5, 0.6) is 0 Å². The number of oxime groups is 1. The Hall–Kier alpha value is -1.16. The Morgan fingerprint density at radius 2 is 2.29 bits per heavy atom. The molecule has 0 aromatic heterocycles. The largest absolute Gasteiger partial charge is 0.409 e. The van der Waals surface area contributed by atoms with Crippen LogP contribution in [0.1, 0.15) is 18.1 Å². The highest BCUT2D eigenvalue weighted by atomic mass is 32.2. The molecule has 0 aliphatic carbocycles. The van der Waals surface area contributed by atoms with Gasteiger partial charge in [-0.25, -0.2) is 0 Å². The fraction of sp³-hybridized carbons (Fsp3) is 0.300. The van der Waals surface area contributed by atoms with Crippen LogP contribution >= 0.6 is 11.8 Å². The molecule has 0 amide bonds. The van der Waals surface area contributed by atoms with Gasteiger partial charge in [0.2, 0.25) is 0 Å². The van der Waals surface area contributed by atoms with E-state index in [0.717, 1.165) is 21.8 Å². The minimum Gasteiger partial charge on any atom is -0.409 e. The van der Waals surface area contributed by atoms with Crippen molar-refractivity contribution in [2.24, 2.45) is 10.9 Å². The predicted octanol–water partition coefficient (Wildman–Crippen LogP) is 2.20. The zero-order valence-electron chi connectivity index (χ0n) is 8.32. The first-order valence-corrected chi connectivity index (χ1v) is 5.39. The molecular formula is C10H14N2OS. The van der Waals surface area contributed by atoms with Crippen LogP contribution in [-0.2, 0) is 0 Å². The fourth-order valence-electron chi connectivity index (χ4n) is 1.18. The maximum absolute atomic E-state index is 8.63. The monoisotopic (exact) mass is 210 g/mol. The van der Waals surface area contributed by atoms with Gasteiger partial charge >= 0.3 is 0 Å². The molecule has 1 rings (SSSR count). The lowest BCUT2D eigenvalue weighted by atomic mass is 10.1. The lowest BCUT2D eigenvalue weighted by Gasteiger charge is -2.07. The van der Waals surface area contributed by atoms with Gasteiger partial charge in [0.05, 0.1) is 0 Å². The van der Waals surface area contributed by atoms with E-state index < -0.39 is 0 Å². The van der Waals surface area contributed by atoms with Gasteiger partial charge in [0, 0.05) is 10.5 Å². The van der Waals surface area contributed by atoms with Crippen LogP contribution in [0, 0.1) is 6.92 Å².